The Morgan fingerprint density at radius 2 is 2.31 bits per heavy atom. The normalized spacial score (nSPS) is 30.1. The molecule has 0 aromatic carbocycles. The van der Waals surface area contributed by atoms with E-state index >= 15 is 0 Å². The lowest BCUT2D eigenvalue weighted by molar-refractivity contribution is -0.151. The fourth-order valence-corrected chi connectivity index (χ4v) is 1.72. The number of likely N-dealkylation sites (tertiary alicyclic amines) is 1. The van der Waals surface area contributed by atoms with E-state index in [2.05, 4.69) is 0 Å². The van der Waals surface area contributed by atoms with Crippen LogP contribution in [-0.4, -0.2) is 48.8 Å². The molecule has 2 unspecified atom stereocenters. The summed E-state index contributed by atoms with van der Waals surface area (Å²) >= 11 is 0. The first-order valence-corrected chi connectivity index (χ1v) is 4.66. The molecule has 1 rings (SSSR count). The molecule has 0 saturated carbocycles. The fraction of sp³-hybridized carbons (Fsp3) is 0.889. The molecule has 0 bridgehead atoms. The van der Waals surface area contributed by atoms with E-state index in [-0.39, 0.29) is 11.9 Å². The van der Waals surface area contributed by atoms with Gasteiger partial charge in [0.25, 0.3) is 0 Å². The number of aliphatic hydroxyl groups excluding tert-OH is 1. The number of β-amino-alcohol motifs (C(OH)–C–C–N with tert-alkyl or cyclic N) is 1. The second-order valence-electron chi connectivity index (χ2n) is 3.56. The standard InChI is InChI=1S/C9H17NO3/c1-3-13-9(12)7-4-8(11)6-10(2)5-7/h7-8,11H,3-6H2,1-2H3. The molecule has 1 aliphatic rings. The van der Waals surface area contributed by atoms with Crippen molar-refractivity contribution in [2.75, 3.05) is 26.7 Å². The molecule has 0 aromatic heterocycles. The van der Waals surface area contributed by atoms with Gasteiger partial charge in [0.1, 0.15) is 0 Å². The molecule has 2 atom stereocenters. The number of esters is 1. The van der Waals surface area contributed by atoms with Crippen molar-refractivity contribution in [3.8, 4) is 0 Å². The van der Waals surface area contributed by atoms with Crippen LogP contribution in [0.3, 0.4) is 0 Å². The molecule has 1 saturated heterocycles. The average Bonchev–Trinajstić information content (AvgIpc) is 2.03. The van der Waals surface area contributed by atoms with Crippen molar-refractivity contribution < 1.29 is 14.6 Å². The van der Waals surface area contributed by atoms with E-state index in [9.17, 15) is 9.90 Å². The number of hydrogen-bond donors (Lipinski definition) is 1. The zero-order valence-corrected chi connectivity index (χ0v) is 8.19. The van der Waals surface area contributed by atoms with Crippen molar-refractivity contribution in [2.45, 2.75) is 19.4 Å². The molecular weight excluding hydrogens is 170 g/mol. The summed E-state index contributed by atoms with van der Waals surface area (Å²) in [5.41, 5.74) is 0. The fourth-order valence-electron chi connectivity index (χ4n) is 1.72. The predicted octanol–water partition coefficient (Wildman–Crippen LogP) is -0.138. The number of aliphatic hydroxyl groups is 1. The average molecular weight is 187 g/mol. The Labute approximate surface area is 78.5 Å². The third kappa shape index (κ3) is 2.97. The SMILES string of the molecule is CCOC(=O)C1CC(O)CN(C)C1. The molecule has 1 fully saturated rings. The van der Waals surface area contributed by atoms with Gasteiger partial charge < -0.3 is 14.7 Å². The Hall–Kier alpha value is -0.610. The van der Waals surface area contributed by atoms with Crippen molar-refractivity contribution in [1.29, 1.82) is 0 Å². The highest BCUT2D eigenvalue weighted by atomic mass is 16.5. The molecule has 4 heteroatoms. The van der Waals surface area contributed by atoms with E-state index in [1.807, 2.05) is 11.9 Å². The summed E-state index contributed by atoms with van der Waals surface area (Å²) in [6, 6.07) is 0. The molecule has 0 spiro atoms. The maximum atomic E-state index is 11.3. The van der Waals surface area contributed by atoms with E-state index in [1.165, 1.54) is 0 Å². The highest BCUT2D eigenvalue weighted by Gasteiger charge is 2.29. The number of rotatable bonds is 2. The zero-order valence-electron chi connectivity index (χ0n) is 8.19. The summed E-state index contributed by atoms with van der Waals surface area (Å²) < 4.78 is 4.90. The topological polar surface area (TPSA) is 49.8 Å². The van der Waals surface area contributed by atoms with Gasteiger partial charge in [0.15, 0.2) is 0 Å². The highest BCUT2D eigenvalue weighted by molar-refractivity contribution is 5.72. The highest BCUT2D eigenvalue weighted by Crippen LogP contribution is 2.16. The van der Waals surface area contributed by atoms with Gasteiger partial charge >= 0.3 is 5.97 Å². The van der Waals surface area contributed by atoms with E-state index in [0.717, 1.165) is 0 Å². The van der Waals surface area contributed by atoms with Crippen LogP contribution in [0.2, 0.25) is 0 Å². The van der Waals surface area contributed by atoms with E-state index in [4.69, 9.17) is 4.74 Å². The number of piperidine rings is 1. The Balaban J connectivity index is 2.45. The van der Waals surface area contributed by atoms with Crippen molar-refractivity contribution in [3.63, 3.8) is 0 Å². The molecule has 76 valence electrons. The Morgan fingerprint density at radius 3 is 2.85 bits per heavy atom. The Bertz CT molecular complexity index is 174. The van der Waals surface area contributed by atoms with Crippen LogP contribution in [0.25, 0.3) is 0 Å². The zero-order chi connectivity index (χ0) is 9.84. The van der Waals surface area contributed by atoms with Gasteiger partial charge in [-0.15, -0.1) is 0 Å². The van der Waals surface area contributed by atoms with Crippen LogP contribution in [0.15, 0.2) is 0 Å². The van der Waals surface area contributed by atoms with Gasteiger partial charge in [0, 0.05) is 13.1 Å². The number of hydrogen-bond acceptors (Lipinski definition) is 4. The largest absolute Gasteiger partial charge is 0.466 e. The minimum absolute atomic E-state index is 0.159. The first-order chi connectivity index (χ1) is 6.13. The van der Waals surface area contributed by atoms with Crippen LogP contribution in [0.1, 0.15) is 13.3 Å². The number of ether oxygens (including phenoxy) is 1. The molecular formula is C9H17NO3. The van der Waals surface area contributed by atoms with E-state index in [0.29, 0.717) is 26.1 Å². The second kappa shape index (κ2) is 4.58. The molecule has 13 heavy (non-hydrogen) atoms. The van der Waals surface area contributed by atoms with Crippen LogP contribution < -0.4 is 0 Å². The second-order valence-corrected chi connectivity index (χ2v) is 3.56. The summed E-state index contributed by atoms with van der Waals surface area (Å²) in [7, 11) is 1.90. The van der Waals surface area contributed by atoms with Gasteiger partial charge in [0.05, 0.1) is 18.6 Å². The molecule has 0 aliphatic carbocycles. The predicted molar refractivity (Wildman–Crippen MR) is 48.2 cm³/mol. The minimum Gasteiger partial charge on any atom is -0.466 e. The van der Waals surface area contributed by atoms with Gasteiger partial charge in [-0.2, -0.15) is 0 Å². The third-order valence-corrected chi connectivity index (χ3v) is 2.23. The summed E-state index contributed by atoms with van der Waals surface area (Å²) in [5, 5.41) is 9.42. The Kier molecular flexibility index (Phi) is 3.69. The molecule has 1 aliphatic heterocycles. The Morgan fingerprint density at radius 1 is 1.62 bits per heavy atom. The summed E-state index contributed by atoms with van der Waals surface area (Å²) in [5.74, 6) is -0.346. The maximum absolute atomic E-state index is 11.3. The summed E-state index contributed by atoms with van der Waals surface area (Å²) in [4.78, 5) is 13.3. The van der Waals surface area contributed by atoms with Crippen LogP contribution in [0.4, 0.5) is 0 Å². The quantitative estimate of drug-likeness (QED) is 0.611. The minimum atomic E-state index is -0.395. The molecule has 0 amide bonds. The van der Waals surface area contributed by atoms with Crippen molar-refractivity contribution in [3.05, 3.63) is 0 Å². The number of nitrogens with zero attached hydrogens (tertiary/aromatic N) is 1. The lowest BCUT2D eigenvalue weighted by Gasteiger charge is -2.31. The monoisotopic (exact) mass is 187 g/mol. The number of carbonyl (C=O) groups is 1. The molecule has 0 aromatic rings. The van der Waals surface area contributed by atoms with Crippen LogP contribution in [-0.2, 0) is 9.53 Å². The van der Waals surface area contributed by atoms with Gasteiger partial charge in [-0.1, -0.05) is 0 Å². The van der Waals surface area contributed by atoms with Gasteiger partial charge in [0.2, 0.25) is 0 Å². The molecule has 4 nitrogen and oxygen atoms in total. The smallest absolute Gasteiger partial charge is 0.310 e. The van der Waals surface area contributed by atoms with Crippen LogP contribution in [0, 0.1) is 5.92 Å². The van der Waals surface area contributed by atoms with Gasteiger partial charge in [-0.05, 0) is 20.4 Å². The number of likely N-dealkylation sites (N-methyl/N-ethyl adjacent to an activating group) is 1. The molecule has 0 radical (unpaired) electrons. The molecule has 1 N–H and O–H groups in total. The van der Waals surface area contributed by atoms with Gasteiger partial charge in [-0.25, -0.2) is 0 Å². The first kappa shape index (κ1) is 10.5. The number of carbonyl (C=O) groups excluding carboxylic acids is 1. The van der Waals surface area contributed by atoms with Crippen molar-refractivity contribution in [1.82, 2.24) is 4.90 Å². The molecule has 1 heterocycles. The lowest BCUT2D eigenvalue weighted by atomic mass is 9.97. The summed E-state index contributed by atoms with van der Waals surface area (Å²) in [6.07, 6.45) is 0.136. The van der Waals surface area contributed by atoms with Crippen LogP contribution >= 0.6 is 0 Å². The lowest BCUT2D eigenvalue weighted by Crippen LogP contribution is -2.43. The van der Waals surface area contributed by atoms with Crippen LogP contribution in [0.5, 0.6) is 0 Å². The summed E-state index contributed by atoms with van der Waals surface area (Å²) in [6.45, 7) is 3.54. The van der Waals surface area contributed by atoms with Gasteiger partial charge in [-0.3, -0.25) is 4.79 Å². The first-order valence-electron chi connectivity index (χ1n) is 4.66. The third-order valence-electron chi connectivity index (χ3n) is 2.23. The maximum Gasteiger partial charge on any atom is 0.310 e. The van der Waals surface area contributed by atoms with E-state index < -0.39 is 6.10 Å². The van der Waals surface area contributed by atoms with E-state index in [1.54, 1.807) is 6.92 Å². The van der Waals surface area contributed by atoms with Crippen molar-refractivity contribution in [2.24, 2.45) is 5.92 Å². The van der Waals surface area contributed by atoms with Crippen molar-refractivity contribution >= 4 is 5.97 Å².